The molecule has 6 saturated carbocycles. The molecule has 8 heterocycles. The van der Waals surface area contributed by atoms with E-state index in [4.69, 9.17) is 44.0 Å². The minimum absolute atomic E-state index is 0.0181. The number of carbonyl (C=O) groups excluding carboxylic acids is 8. The SMILES string of the molecule is COc1cc(C(=O)NCC2CC2(F)F)ccc1Nc1ncc2c(n1)N(C1CCCC1)CC(C)(C)C(=O)N2C.COc1cc(C(=O)NCCC(C)O)ccc1Nc1ncc2c(n1)N(C1CCCC1)CC(C)(C)C(=O)N2C.COc1cc(C(=O)NC[C@H](O)CO)ccc1Nc1ncc2c(n1)N(C1CCCC1)CC(C)(C)C(=O)N2C.COc1cc(C(=O)N[C@@H]2CCC[C@H]2O)ccc1Nc1ncc2c(n1)N(C1CCCC1)CC(C)(C)C(=O)N2C. The molecule has 4 aliphatic heterocycles. The van der Waals surface area contributed by atoms with Crippen LogP contribution in [0, 0.1) is 27.6 Å². The van der Waals surface area contributed by atoms with Crippen LogP contribution in [0.1, 0.15) is 239 Å². The van der Waals surface area contributed by atoms with Crippen molar-refractivity contribution in [3.8, 4) is 23.0 Å². The second kappa shape index (κ2) is 46.8. The maximum absolute atomic E-state index is 13.2. The highest BCUT2D eigenvalue weighted by Crippen LogP contribution is 2.50. The number of benzene rings is 4. The number of rotatable bonds is 29. The summed E-state index contributed by atoms with van der Waals surface area (Å²) in [6.07, 6.45) is 25.2. The van der Waals surface area contributed by atoms with E-state index < -0.39 is 70.2 Å². The van der Waals surface area contributed by atoms with Crippen LogP contribution in [0.2, 0.25) is 0 Å². The number of carbonyl (C=O) groups is 8. The fourth-order valence-electron chi connectivity index (χ4n) is 21.4. The molecule has 0 spiro atoms. The summed E-state index contributed by atoms with van der Waals surface area (Å²) in [4.78, 5) is 156. The highest BCUT2D eigenvalue weighted by atomic mass is 19.3. The van der Waals surface area contributed by atoms with Crippen LogP contribution in [0.4, 0.5) is 101 Å². The molecule has 808 valence electrons. The van der Waals surface area contributed by atoms with Gasteiger partial charge in [0.05, 0.1) is 129 Å². The van der Waals surface area contributed by atoms with E-state index in [1.54, 1.807) is 159 Å². The number of ether oxygens (including phenoxy) is 4. The van der Waals surface area contributed by atoms with Crippen LogP contribution < -0.4 is 101 Å². The molecule has 12 N–H and O–H groups in total. The summed E-state index contributed by atoms with van der Waals surface area (Å²) in [7, 11) is 13.2. The smallest absolute Gasteiger partial charge is 0.253 e. The number of amides is 8. The summed E-state index contributed by atoms with van der Waals surface area (Å²) in [5.74, 6) is 1.45. The number of methoxy groups -OCH3 is 4. The Bertz CT molecular complexity index is 6230. The lowest BCUT2D eigenvalue weighted by Gasteiger charge is -2.34. The second-order valence-electron chi connectivity index (χ2n) is 43.4. The molecule has 10 aliphatic rings. The third-order valence-corrected chi connectivity index (χ3v) is 30.1. The Balaban J connectivity index is 0.000000149. The summed E-state index contributed by atoms with van der Waals surface area (Å²) in [6, 6.07) is 21.0. The van der Waals surface area contributed by atoms with Crippen molar-refractivity contribution >= 4 is 140 Å². The number of alkyl halides is 2. The Morgan fingerprint density at radius 3 is 0.953 bits per heavy atom. The van der Waals surface area contributed by atoms with Crippen LogP contribution in [-0.4, -0.2) is 271 Å². The minimum Gasteiger partial charge on any atom is -0.495 e. The van der Waals surface area contributed by atoms with Crippen molar-refractivity contribution in [2.75, 3.05) is 170 Å². The fourth-order valence-corrected chi connectivity index (χ4v) is 21.4. The van der Waals surface area contributed by atoms with Gasteiger partial charge in [-0.15, -0.1) is 0 Å². The van der Waals surface area contributed by atoms with Crippen molar-refractivity contribution < 1.29 is 86.5 Å². The number of hydrogen-bond donors (Lipinski definition) is 12. The molecule has 42 heteroatoms. The fraction of sp³-hybridized carbons (Fsp3) is 0.556. The first kappa shape index (κ1) is 110. The van der Waals surface area contributed by atoms with Crippen molar-refractivity contribution in [1.82, 2.24) is 61.1 Å². The molecular formula is C108H146F2N24O16. The average molecular weight is 2070 g/mol. The molecule has 5 atom stereocenters. The van der Waals surface area contributed by atoms with Gasteiger partial charge in [0.2, 0.25) is 47.4 Å². The largest absolute Gasteiger partial charge is 0.495 e. The highest BCUT2D eigenvalue weighted by molar-refractivity contribution is 6.05. The zero-order valence-corrected chi connectivity index (χ0v) is 89.0. The molecule has 8 aromatic rings. The quantitative estimate of drug-likeness (QED) is 0.0207. The zero-order valence-electron chi connectivity index (χ0n) is 89.0. The third kappa shape index (κ3) is 25.3. The summed E-state index contributed by atoms with van der Waals surface area (Å²) in [5.41, 5.74) is 4.37. The van der Waals surface area contributed by atoms with E-state index in [9.17, 15) is 62.5 Å². The Morgan fingerprint density at radius 2 is 0.693 bits per heavy atom. The van der Waals surface area contributed by atoms with Gasteiger partial charge in [0.1, 0.15) is 45.7 Å². The molecule has 0 bridgehead atoms. The number of aliphatic hydroxyl groups excluding tert-OH is 4. The van der Waals surface area contributed by atoms with E-state index in [1.807, 2.05) is 55.4 Å². The number of aliphatic hydroxyl groups is 4. The van der Waals surface area contributed by atoms with Crippen LogP contribution in [0.5, 0.6) is 23.0 Å². The maximum atomic E-state index is 13.2. The van der Waals surface area contributed by atoms with Gasteiger partial charge in [0, 0.05) is 133 Å². The van der Waals surface area contributed by atoms with E-state index >= 15 is 0 Å². The van der Waals surface area contributed by atoms with Gasteiger partial charge < -0.3 is 121 Å². The topological polar surface area (TPSA) is 480 Å². The first-order chi connectivity index (χ1) is 71.4. The van der Waals surface area contributed by atoms with Gasteiger partial charge in [-0.3, -0.25) is 38.4 Å². The Kier molecular flexibility index (Phi) is 34.4. The normalized spacial score (nSPS) is 20.5. The van der Waals surface area contributed by atoms with E-state index in [-0.39, 0.29) is 61.0 Å². The molecule has 4 aromatic heterocycles. The van der Waals surface area contributed by atoms with Gasteiger partial charge in [-0.05, 0) is 212 Å². The van der Waals surface area contributed by atoms with Crippen LogP contribution in [0.25, 0.3) is 0 Å². The number of nitrogens with one attached hydrogen (secondary N) is 8. The van der Waals surface area contributed by atoms with Crippen LogP contribution in [-0.2, 0) is 19.2 Å². The molecule has 0 saturated heterocycles. The average Bonchev–Trinajstić information content (AvgIpc) is 1.78. The van der Waals surface area contributed by atoms with E-state index in [2.05, 4.69) is 82.1 Å². The highest BCUT2D eigenvalue weighted by Gasteiger charge is 2.57. The van der Waals surface area contributed by atoms with E-state index in [0.29, 0.717) is 190 Å². The molecule has 150 heavy (non-hydrogen) atoms. The van der Waals surface area contributed by atoms with Gasteiger partial charge in [-0.25, -0.2) is 28.7 Å². The molecule has 8 amide bonds. The van der Waals surface area contributed by atoms with Gasteiger partial charge in [-0.2, -0.15) is 19.9 Å². The van der Waals surface area contributed by atoms with Crippen LogP contribution in [0.3, 0.4) is 0 Å². The van der Waals surface area contributed by atoms with Crippen molar-refractivity contribution in [2.24, 2.45) is 27.6 Å². The molecule has 4 aromatic carbocycles. The first-order valence-electron chi connectivity index (χ1n) is 52.1. The second-order valence-corrected chi connectivity index (χ2v) is 43.4. The lowest BCUT2D eigenvalue weighted by atomic mass is 9.91. The van der Waals surface area contributed by atoms with E-state index in [1.165, 1.54) is 47.0 Å². The summed E-state index contributed by atoms with van der Waals surface area (Å²) < 4.78 is 48.4. The number of nitrogens with zero attached hydrogens (tertiary/aromatic N) is 16. The van der Waals surface area contributed by atoms with Crippen molar-refractivity contribution in [3.63, 3.8) is 0 Å². The zero-order chi connectivity index (χ0) is 108. The molecule has 2 unspecified atom stereocenters. The first-order valence-corrected chi connectivity index (χ1v) is 52.1. The summed E-state index contributed by atoms with van der Waals surface area (Å²) in [6.45, 7) is 19.6. The molecule has 6 fully saturated rings. The third-order valence-electron chi connectivity index (χ3n) is 30.1. The molecule has 18 rings (SSSR count). The summed E-state index contributed by atoms with van der Waals surface area (Å²) in [5, 5.41) is 61.6. The predicted molar refractivity (Wildman–Crippen MR) is 571 cm³/mol. The summed E-state index contributed by atoms with van der Waals surface area (Å²) >= 11 is 0. The number of aromatic nitrogens is 8. The van der Waals surface area contributed by atoms with Crippen molar-refractivity contribution in [1.29, 1.82) is 0 Å². The Labute approximate surface area is 874 Å². The Morgan fingerprint density at radius 1 is 0.413 bits per heavy atom. The molecular weight excluding hydrogens is 1930 g/mol. The van der Waals surface area contributed by atoms with Gasteiger partial charge in [0.25, 0.3) is 29.6 Å². The monoisotopic (exact) mass is 2070 g/mol. The van der Waals surface area contributed by atoms with E-state index in [0.717, 1.165) is 107 Å². The van der Waals surface area contributed by atoms with Gasteiger partial charge >= 0.3 is 0 Å². The van der Waals surface area contributed by atoms with Gasteiger partial charge in [0.15, 0.2) is 23.3 Å². The lowest BCUT2D eigenvalue weighted by Crippen LogP contribution is -2.45. The number of anilines is 16. The van der Waals surface area contributed by atoms with Crippen LogP contribution in [0.15, 0.2) is 97.6 Å². The molecule has 40 nitrogen and oxygen atoms in total. The van der Waals surface area contributed by atoms with Crippen molar-refractivity contribution in [2.45, 2.75) is 252 Å². The van der Waals surface area contributed by atoms with Crippen molar-refractivity contribution in [3.05, 3.63) is 120 Å². The number of fused-ring (bicyclic) bond motifs is 4. The Hall–Kier alpha value is -13.7. The predicted octanol–water partition coefficient (Wildman–Crippen LogP) is 13.5. The number of hydrogen-bond acceptors (Lipinski definition) is 32. The number of halogens is 2. The minimum atomic E-state index is -2.68. The van der Waals surface area contributed by atoms with Gasteiger partial charge in [-0.1, -0.05) is 51.4 Å². The van der Waals surface area contributed by atoms with Crippen LogP contribution >= 0.6 is 0 Å². The molecule has 0 radical (unpaired) electrons. The lowest BCUT2D eigenvalue weighted by molar-refractivity contribution is -0.126. The molecule has 6 aliphatic carbocycles. The maximum Gasteiger partial charge on any atom is 0.253 e. The standard InChI is InChI=1S/C28H38N6O4.C27H34F2N6O3.C27H38N6O4.C26H36N6O5/c1-28(2)16-34(18-8-5-6-9-18)24-21(33(3)26(28)37)15-29-27(32-24)31-20-13-12-17(14-23(20)38-4)25(36)30-19-10-7-11-22(19)35;1-26(2)15-35(18-7-5-6-8-18)22-20(34(3)24(26)37)14-31-25(33-22)32-19-10-9-16(11-21(19)38-4)23(36)30-13-17-12-27(17,28)29;1-17(34)12-13-28-24(35)18-10-11-20(22(14-18)37-5)30-26-29-15-21-23(31-26)33(19-8-6-7-9-19)16-27(2,3)25(36)32(21)4;1-26(2)15-32(17-7-5-6-8-17)22-20(31(3)24(26)36)13-28-25(30-22)29-19-10-9-16(11-21(19)37-4)23(35)27-12-18(34)14-33/h12-15,18-19,22,35H,5-11,16H2,1-4H3,(H,30,36)(H,29,31,32);9-11,14,17-18H,5-8,12-13,15H2,1-4H3,(H,30,36)(H,31,32,33);10-11,14-15,17,19,34H,6-9,12-13,16H2,1-5H3,(H,28,35)(H,29,30,31);9-11,13,17-18,33-34H,5-8,12,14-15H2,1-4H3,(H,27,35)(H,28,29,30)/t19-,22-;;;18-/m1..0/s1.